The fraction of sp³-hybridized carbons (Fsp3) is 0.200. The number of aromatic hydroxyl groups is 1. The molecule has 5 heteroatoms. The van der Waals surface area contributed by atoms with Gasteiger partial charge in [-0.15, -0.1) is 0 Å². The molecule has 1 N–H and O–H groups in total. The Morgan fingerprint density at radius 2 is 2.15 bits per heavy atom. The predicted octanol–water partition coefficient (Wildman–Crippen LogP) is 2.35. The van der Waals surface area contributed by atoms with Crippen LogP contribution in [-0.4, -0.2) is 24.4 Å². The van der Waals surface area contributed by atoms with Crippen molar-refractivity contribution in [3.8, 4) is 17.1 Å². The highest BCUT2D eigenvalue weighted by molar-refractivity contribution is 5.58. The Morgan fingerprint density at radius 1 is 1.30 bits per heavy atom. The molecule has 2 aromatic heterocycles. The number of imidazole rings is 1. The van der Waals surface area contributed by atoms with Gasteiger partial charge in [-0.1, -0.05) is 12.1 Å². The van der Waals surface area contributed by atoms with Crippen LogP contribution in [0.25, 0.3) is 11.4 Å². The van der Waals surface area contributed by atoms with Crippen LogP contribution in [0.1, 0.15) is 11.3 Å². The summed E-state index contributed by atoms with van der Waals surface area (Å²) in [6.07, 6.45) is 5.58. The number of aryl methyl sites for hydroxylation is 1. The molecule has 0 saturated heterocycles. The number of phenolic OH excluding ortho intramolecular Hbond substituents is 1. The van der Waals surface area contributed by atoms with Crippen LogP contribution in [0, 0.1) is 6.92 Å². The molecule has 0 atom stereocenters. The van der Waals surface area contributed by atoms with Crippen LogP contribution >= 0.6 is 0 Å². The summed E-state index contributed by atoms with van der Waals surface area (Å²) in [5, 5.41) is 13.8. The first-order chi connectivity index (χ1) is 9.65. The zero-order chi connectivity index (χ0) is 14.1. The van der Waals surface area contributed by atoms with Crippen LogP contribution < -0.4 is 0 Å². The van der Waals surface area contributed by atoms with E-state index in [1.807, 2.05) is 43.2 Å². The normalized spacial score (nSPS) is 10.9. The minimum Gasteiger partial charge on any atom is -0.508 e. The van der Waals surface area contributed by atoms with Gasteiger partial charge in [0.2, 0.25) is 0 Å². The van der Waals surface area contributed by atoms with Crippen LogP contribution in [0.5, 0.6) is 5.75 Å². The molecule has 3 rings (SSSR count). The quantitative estimate of drug-likeness (QED) is 0.793. The maximum Gasteiger partial charge on any atom is 0.140 e. The molecule has 0 saturated carbocycles. The first kappa shape index (κ1) is 12.5. The van der Waals surface area contributed by atoms with Gasteiger partial charge in [0.1, 0.15) is 11.6 Å². The minimum atomic E-state index is 0.245. The summed E-state index contributed by atoms with van der Waals surface area (Å²) in [6, 6.07) is 7.13. The lowest BCUT2D eigenvalue weighted by Gasteiger charge is -2.08. The summed E-state index contributed by atoms with van der Waals surface area (Å²) in [7, 11) is 1.93. The Morgan fingerprint density at radius 3 is 2.85 bits per heavy atom. The van der Waals surface area contributed by atoms with E-state index in [1.165, 1.54) is 0 Å². The second-order valence-corrected chi connectivity index (χ2v) is 4.81. The van der Waals surface area contributed by atoms with Crippen molar-refractivity contribution in [1.29, 1.82) is 0 Å². The van der Waals surface area contributed by atoms with Crippen molar-refractivity contribution in [2.24, 2.45) is 7.05 Å². The fourth-order valence-corrected chi connectivity index (χ4v) is 2.23. The molecule has 20 heavy (non-hydrogen) atoms. The topological polar surface area (TPSA) is 55.9 Å². The lowest BCUT2D eigenvalue weighted by atomic mass is 10.2. The molecular formula is C15H16N4O. The summed E-state index contributed by atoms with van der Waals surface area (Å²) in [5.41, 5.74) is 3.20. The Hall–Kier alpha value is -2.56. The van der Waals surface area contributed by atoms with E-state index in [2.05, 4.69) is 14.6 Å². The fourth-order valence-electron chi connectivity index (χ4n) is 2.23. The van der Waals surface area contributed by atoms with E-state index in [9.17, 15) is 5.11 Å². The number of aromatic nitrogens is 4. The molecular weight excluding hydrogens is 252 g/mol. The summed E-state index contributed by atoms with van der Waals surface area (Å²) >= 11 is 0. The largest absolute Gasteiger partial charge is 0.508 e. The van der Waals surface area contributed by atoms with E-state index in [4.69, 9.17) is 0 Å². The second-order valence-electron chi connectivity index (χ2n) is 4.81. The third-order valence-electron chi connectivity index (χ3n) is 3.50. The predicted molar refractivity (Wildman–Crippen MR) is 76.4 cm³/mol. The van der Waals surface area contributed by atoms with Crippen molar-refractivity contribution in [1.82, 2.24) is 19.3 Å². The highest BCUT2D eigenvalue weighted by Gasteiger charge is 2.10. The second kappa shape index (κ2) is 4.85. The average Bonchev–Trinajstić information content (AvgIpc) is 3.01. The van der Waals surface area contributed by atoms with Gasteiger partial charge in [-0.3, -0.25) is 4.68 Å². The zero-order valence-electron chi connectivity index (χ0n) is 11.5. The summed E-state index contributed by atoms with van der Waals surface area (Å²) < 4.78 is 3.92. The number of rotatable bonds is 3. The van der Waals surface area contributed by atoms with E-state index in [1.54, 1.807) is 18.3 Å². The molecule has 0 amide bonds. The lowest BCUT2D eigenvalue weighted by molar-refractivity contribution is 0.475. The molecule has 102 valence electrons. The molecule has 1 aromatic carbocycles. The van der Waals surface area contributed by atoms with Gasteiger partial charge < -0.3 is 9.67 Å². The van der Waals surface area contributed by atoms with E-state index < -0.39 is 0 Å². The van der Waals surface area contributed by atoms with E-state index in [0.717, 1.165) is 22.6 Å². The molecule has 2 heterocycles. The molecule has 0 bridgehead atoms. The van der Waals surface area contributed by atoms with Crippen LogP contribution in [0.15, 0.2) is 42.9 Å². The van der Waals surface area contributed by atoms with Crippen LogP contribution in [0.4, 0.5) is 0 Å². The first-order valence-corrected chi connectivity index (χ1v) is 6.43. The van der Waals surface area contributed by atoms with Crippen molar-refractivity contribution in [3.63, 3.8) is 0 Å². The minimum absolute atomic E-state index is 0.245. The standard InChI is InChI=1S/C15H16N4O/c1-11-13(9-17-18(11)2)10-19-7-6-16-15(19)12-4-3-5-14(20)8-12/h3-9,20H,10H2,1-2H3. The third kappa shape index (κ3) is 2.18. The molecule has 5 nitrogen and oxygen atoms in total. The zero-order valence-corrected chi connectivity index (χ0v) is 11.5. The van der Waals surface area contributed by atoms with Gasteiger partial charge in [0.25, 0.3) is 0 Å². The van der Waals surface area contributed by atoms with Gasteiger partial charge in [0.15, 0.2) is 0 Å². The molecule has 0 aliphatic heterocycles. The van der Waals surface area contributed by atoms with Crippen LogP contribution in [-0.2, 0) is 13.6 Å². The van der Waals surface area contributed by atoms with Gasteiger partial charge in [-0.05, 0) is 19.1 Å². The highest BCUT2D eigenvalue weighted by Crippen LogP contribution is 2.22. The Labute approximate surface area is 117 Å². The Bertz CT molecular complexity index is 742. The van der Waals surface area contributed by atoms with Crippen molar-refractivity contribution in [2.75, 3.05) is 0 Å². The number of hydrogen-bond donors (Lipinski definition) is 1. The third-order valence-corrected chi connectivity index (χ3v) is 3.50. The summed E-state index contributed by atoms with van der Waals surface area (Å²) in [5.74, 6) is 1.08. The molecule has 3 aromatic rings. The molecule has 0 radical (unpaired) electrons. The van der Waals surface area contributed by atoms with Crippen LogP contribution in [0.3, 0.4) is 0 Å². The molecule has 0 aliphatic carbocycles. The molecule has 0 spiro atoms. The number of phenols is 1. The molecule has 0 unspecified atom stereocenters. The summed E-state index contributed by atoms with van der Waals surface area (Å²) in [6.45, 7) is 2.76. The van der Waals surface area contributed by atoms with Crippen molar-refractivity contribution < 1.29 is 5.11 Å². The number of benzene rings is 1. The number of nitrogens with zero attached hydrogens (tertiary/aromatic N) is 4. The van der Waals surface area contributed by atoms with Crippen molar-refractivity contribution in [3.05, 3.63) is 54.1 Å². The Kier molecular flexibility index (Phi) is 3.02. The maximum absolute atomic E-state index is 9.59. The van der Waals surface area contributed by atoms with E-state index >= 15 is 0 Å². The molecule has 0 aliphatic rings. The van der Waals surface area contributed by atoms with Gasteiger partial charge in [0.05, 0.1) is 12.7 Å². The van der Waals surface area contributed by atoms with Crippen LogP contribution in [0.2, 0.25) is 0 Å². The lowest BCUT2D eigenvalue weighted by Crippen LogP contribution is -2.02. The SMILES string of the molecule is Cc1c(Cn2ccnc2-c2cccc(O)c2)cnn1C. The summed E-state index contributed by atoms with van der Waals surface area (Å²) in [4.78, 5) is 4.38. The average molecular weight is 268 g/mol. The van der Waals surface area contributed by atoms with Gasteiger partial charge >= 0.3 is 0 Å². The van der Waals surface area contributed by atoms with E-state index in [-0.39, 0.29) is 5.75 Å². The smallest absolute Gasteiger partial charge is 0.140 e. The van der Waals surface area contributed by atoms with Crippen molar-refractivity contribution >= 4 is 0 Å². The first-order valence-electron chi connectivity index (χ1n) is 6.43. The molecule has 0 fully saturated rings. The number of hydrogen-bond acceptors (Lipinski definition) is 3. The monoisotopic (exact) mass is 268 g/mol. The van der Waals surface area contributed by atoms with Gasteiger partial charge in [-0.25, -0.2) is 4.98 Å². The maximum atomic E-state index is 9.59. The highest BCUT2D eigenvalue weighted by atomic mass is 16.3. The van der Waals surface area contributed by atoms with Crippen molar-refractivity contribution in [2.45, 2.75) is 13.5 Å². The Balaban J connectivity index is 1.97. The van der Waals surface area contributed by atoms with E-state index in [0.29, 0.717) is 6.54 Å². The van der Waals surface area contributed by atoms with Gasteiger partial charge in [0, 0.05) is 36.3 Å². The van der Waals surface area contributed by atoms with Gasteiger partial charge in [-0.2, -0.15) is 5.10 Å².